The maximum absolute atomic E-state index is 11.5. The summed E-state index contributed by atoms with van der Waals surface area (Å²) in [6.45, 7) is 0.448. The lowest BCUT2D eigenvalue weighted by Gasteiger charge is -2.08. The summed E-state index contributed by atoms with van der Waals surface area (Å²) in [5.41, 5.74) is 6.03. The normalized spacial score (nSPS) is 9.94. The highest BCUT2D eigenvalue weighted by Gasteiger charge is 2.10. The zero-order chi connectivity index (χ0) is 13.5. The van der Waals surface area contributed by atoms with Gasteiger partial charge in [-0.05, 0) is 31.2 Å². The molecule has 0 unspecified atom stereocenters. The number of carbonyl (C=O) groups excluding carboxylic acids is 2. The van der Waals surface area contributed by atoms with E-state index in [0.717, 1.165) is 0 Å². The highest BCUT2D eigenvalue weighted by atomic mass is 35.5. The smallest absolute Gasteiger partial charge is 0.337 e. The monoisotopic (exact) mass is 270 g/mol. The fraction of sp³-hybridized carbons (Fsp3) is 0.333. The van der Waals surface area contributed by atoms with Crippen LogP contribution in [0.5, 0.6) is 0 Å². The van der Waals surface area contributed by atoms with E-state index in [1.807, 2.05) is 0 Å². The summed E-state index contributed by atoms with van der Waals surface area (Å²) in [7, 11) is 1.29. The number of rotatable bonds is 5. The first-order valence-electron chi connectivity index (χ1n) is 5.46. The lowest BCUT2D eigenvalue weighted by molar-refractivity contribution is -0.116. The van der Waals surface area contributed by atoms with Crippen LogP contribution < -0.4 is 11.1 Å². The van der Waals surface area contributed by atoms with Gasteiger partial charge in [0.1, 0.15) is 0 Å². The number of hydrogen-bond donors (Lipinski definition) is 2. The molecule has 0 bridgehead atoms. The Hall–Kier alpha value is -1.59. The summed E-state index contributed by atoms with van der Waals surface area (Å²) in [5, 5.41) is 2.99. The van der Waals surface area contributed by atoms with Gasteiger partial charge >= 0.3 is 5.97 Å². The number of anilines is 1. The number of methoxy groups -OCH3 is 1. The van der Waals surface area contributed by atoms with Gasteiger partial charge < -0.3 is 15.8 Å². The van der Waals surface area contributed by atoms with E-state index >= 15 is 0 Å². The number of nitrogens with one attached hydrogen (secondary N) is 1. The second kappa shape index (κ2) is 6.98. The Morgan fingerprint density at radius 2 is 2.17 bits per heavy atom. The van der Waals surface area contributed by atoms with Gasteiger partial charge in [-0.15, -0.1) is 0 Å². The van der Waals surface area contributed by atoms with Crippen molar-refractivity contribution < 1.29 is 14.3 Å². The molecular weight excluding hydrogens is 256 g/mol. The Balaban J connectivity index is 2.81. The van der Waals surface area contributed by atoms with Crippen molar-refractivity contribution in [3.8, 4) is 0 Å². The first kappa shape index (κ1) is 14.5. The Kier molecular flexibility index (Phi) is 5.61. The zero-order valence-electron chi connectivity index (χ0n) is 10.0. The first-order valence-corrected chi connectivity index (χ1v) is 5.84. The standard InChI is InChI=1S/C12H15ClN2O3/c1-18-12(17)8-4-5-9(13)10(7-8)15-11(16)3-2-6-14/h4-5,7H,2-3,6,14H2,1H3,(H,15,16). The van der Waals surface area contributed by atoms with Crippen LogP contribution >= 0.6 is 11.6 Å². The molecule has 0 radical (unpaired) electrons. The largest absolute Gasteiger partial charge is 0.465 e. The number of benzene rings is 1. The maximum atomic E-state index is 11.5. The summed E-state index contributed by atoms with van der Waals surface area (Å²) in [6, 6.07) is 4.55. The lowest BCUT2D eigenvalue weighted by atomic mass is 10.2. The molecule has 1 rings (SSSR count). The van der Waals surface area contributed by atoms with E-state index in [0.29, 0.717) is 35.7 Å². The number of nitrogens with two attached hydrogens (primary N) is 1. The highest BCUT2D eigenvalue weighted by Crippen LogP contribution is 2.23. The number of hydrogen-bond acceptors (Lipinski definition) is 4. The molecule has 5 nitrogen and oxygen atoms in total. The second-order valence-electron chi connectivity index (χ2n) is 3.63. The van der Waals surface area contributed by atoms with Crippen LogP contribution in [0.1, 0.15) is 23.2 Å². The number of halogens is 1. The van der Waals surface area contributed by atoms with Crippen molar-refractivity contribution in [3.05, 3.63) is 28.8 Å². The summed E-state index contributed by atoms with van der Waals surface area (Å²) < 4.78 is 4.59. The summed E-state index contributed by atoms with van der Waals surface area (Å²) in [4.78, 5) is 22.9. The minimum absolute atomic E-state index is 0.190. The van der Waals surface area contributed by atoms with Crippen molar-refractivity contribution in [1.29, 1.82) is 0 Å². The topological polar surface area (TPSA) is 81.4 Å². The van der Waals surface area contributed by atoms with Crippen LogP contribution in [0.15, 0.2) is 18.2 Å². The van der Waals surface area contributed by atoms with Gasteiger partial charge in [-0.2, -0.15) is 0 Å². The van der Waals surface area contributed by atoms with Gasteiger partial charge in [0, 0.05) is 6.42 Å². The molecule has 3 N–H and O–H groups in total. The molecule has 0 atom stereocenters. The van der Waals surface area contributed by atoms with E-state index in [9.17, 15) is 9.59 Å². The van der Waals surface area contributed by atoms with Crippen LogP contribution in [0.25, 0.3) is 0 Å². The Morgan fingerprint density at radius 1 is 1.44 bits per heavy atom. The minimum atomic E-state index is -0.482. The van der Waals surface area contributed by atoms with Gasteiger partial charge in [-0.1, -0.05) is 11.6 Å². The van der Waals surface area contributed by atoms with Crippen molar-refractivity contribution in [1.82, 2.24) is 0 Å². The van der Waals surface area contributed by atoms with E-state index in [2.05, 4.69) is 10.1 Å². The van der Waals surface area contributed by atoms with E-state index < -0.39 is 5.97 Å². The third-order valence-electron chi connectivity index (χ3n) is 2.27. The third-order valence-corrected chi connectivity index (χ3v) is 2.60. The average molecular weight is 271 g/mol. The molecule has 0 fully saturated rings. The van der Waals surface area contributed by atoms with Gasteiger partial charge in [0.2, 0.25) is 5.91 Å². The van der Waals surface area contributed by atoms with Crippen molar-refractivity contribution in [2.24, 2.45) is 5.73 Å². The molecule has 0 saturated carbocycles. The van der Waals surface area contributed by atoms with Gasteiger partial charge in [0.25, 0.3) is 0 Å². The quantitative estimate of drug-likeness (QED) is 0.800. The summed E-state index contributed by atoms with van der Waals surface area (Å²) in [6.07, 6.45) is 0.912. The fourth-order valence-corrected chi connectivity index (χ4v) is 1.51. The van der Waals surface area contributed by atoms with Crippen LogP contribution in [0.3, 0.4) is 0 Å². The van der Waals surface area contributed by atoms with Gasteiger partial charge in [0.05, 0.1) is 23.4 Å². The molecule has 1 amide bonds. The summed E-state index contributed by atoms with van der Waals surface area (Å²) >= 11 is 5.93. The van der Waals surface area contributed by atoms with Crippen LogP contribution in [0.4, 0.5) is 5.69 Å². The van der Waals surface area contributed by atoms with Gasteiger partial charge in [0.15, 0.2) is 0 Å². The average Bonchev–Trinajstić information content (AvgIpc) is 2.38. The minimum Gasteiger partial charge on any atom is -0.465 e. The number of ether oxygens (including phenoxy) is 1. The first-order chi connectivity index (χ1) is 8.58. The maximum Gasteiger partial charge on any atom is 0.337 e. The lowest BCUT2D eigenvalue weighted by Crippen LogP contribution is -2.14. The zero-order valence-corrected chi connectivity index (χ0v) is 10.8. The fourth-order valence-electron chi connectivity index (χ4n) is 1.34. The van der Waals surface area contributed by atoms with Crippen LogP contribution in [0, 0.1) is 0 Å². The molecule has 6 heteroatoms. The molecule has 0 aliphatic heterocycles. The Labute approximate surface area is 110 Å². The van der Waals surface area contributed by atoms with Crippen molar-refractivity contribution in [3.63, 3.8) is 0 Å². The molecule has 98 valence electrons. The predicted octanol–water partition coefficient (Wildman–Crippen LogP) is 1.80. The SMILES string of the molecule is COC(=O)c1ccc(Cl)c(NC(=O)CCCN)c1. The second-order valence-corrected chi connectivity index (χ2v) is 4.03. The highest BCUT2D eigenvalue weighted by molar-refractivity contribution is 6.33. The molecule has 0 aliphatic rings. The number of amides is 1. The Bertz CT molecular complexity index is 449. The van der Waals surface area contributed by atoms with Crippen LogP contribution in [-0.4, -0.2) is 25.5 Å². The van der Waals surface area contributed by atoms with Crippen LogP contribution in [-0.2, 0) is 9.53 Å². The number of carbonyl (C=O) groups is 2. The van der Waals surface area contributed by atoms with Gasteiger partial charge in [-0.25, -0.2) is 4.79 Å². The van der Waals surface area contributed by atoms with Crippen molar-refractivity contribution >= 4 is 29.2 Å². The molecule has 1 aromatic carbocycles. The predicted molar refractivity (Wildman–Crippen MR) is 69.7 cm³/mol. The van der Waals surface area contributed by atoms with Crippen LogP contribution in [0.2, 0.25) is 5.02 Å². The summed E-state index contributed by atoms with van der Waals surface area (Å²) in [5.74, 6) is -0.673. The van der Waals surface area contributed by atoms with E-state index in [1.54, 1.807) is 0 Å². The molecule has 0 spiro atoms. The molecule has 0 heterocycles. The molecule has 0 aliphatic carbocycles. The molecule has 0 saturated heterocycles. The van der Waals surface area contributed by atoms with Gasteiger partial charge in [-0.3, -0.25) is 4.79 Å². The van der Waals surface area contributed by atoms with E-state index in [1.165, 1.54) is 25.3 Å². The van der Waals surface area contributed by atoms with Crippen molar-refractivity contribution in [2.45, 2.75) is 12.8 Å². The Morgan fingerprint density at radius 3 is 2.78 bits per heavy atom. The van der Waals surface area contributed by atoms with Crippen molar-refractivity contribution in [2.75, 3.05) is 19.0 Å². The molecule has 18 heavy (non-hydrogen) atoms. The molecule has 0 aromatic heterocycles. The molecular formula is C12H15ClN2O3. The third kappa shape index (κ3) is 4.01. The molecule has 1 aromatic rings. The van der Waals surface area contributed by atoms with E-state index in [4.69, 9.17) is 17.3 Å². The number of esters is 1. The van der Waals surface area contributed by atoms with E-state index in [-0.39, 0.29) is 5.91 Å².